The van der Waals surface area contributed by atoms with E-state index >= 15 is 0 Å². The number of hydrogen-bond acceptors (Lipinski definition) is 3. The third-order valence-electron chi connectivity index (χ3n) is 4.81. The second kappa shape index (κ2) is 8.63. The summed E-state index contributed by atoms with van der Waals surface area (Å²) in [5.41, 5.74) is 0.923. The summed E-state index contributed by atoms with van der Waals surface area (Å²) >= 11 is 6.28. The van der Waals surface area contributed by atoms with Crippen molar-refractivity contribution in [2.45, 2.75) is 44.2 Å². The summed E-state index contributed by atoms with van der Waals surface area (Å²) in [5.74, 6) is 0. The summed E-state index contributed by atoms with van der Waals surface area (Å²) in [6.45, 7) is 0.288. The Morgan fingerprint density at radius 3 is 2.38 bits per heavy atom. The maximum atomic E-state index is 12.6. The summed E-state index contributed by atoms with van der Waals surface area (Å²) in [6.07, 6.45) is 5.29. The zero-order valence-electron chi connectivity index (χ0n) is 14.7. The van der Waals surface area contributed by atoms with Crippen LogP contribution >= 0.6 is 11.6 Å². The highest BCUT2D eigenvalue weighted by molar-refractivity contribution is 7.87. The molecule has 7 heteroatoms. The molecular weight excluding hydrogens is 346 g/mol. The lowest BCUT2D eigenvalue weighted by Gasteiger charge is -2.32. The molecule has 1 unspecified atom stereocenters. The summed E-state index contributed by atoms with van der Waals surface area (Å²) in [6, 6.07) is 7.55. The van der Waals surface area contributed by atoms with E-state index in [2.05, 4.69) is 4.72 Å². The molecule has 136 valence electrons. The molecule has 0 heterocycles. The number of hydrogen-bond donors (Lipinski definition) is 1. The molecule has 1 aliphatic carbocycles. The van der Waals surface area contributed by atoms with E-state index in [9.17, 15) is 8.42 Å². The van der Waals surface area contributed by atoms with Crippen LogP contribution in [0.1, 0.15) is 43.7 Å². The van der Waals surface area contributed by atoms with E-state index < -0.39 is 10.2 Å². The molecule has 24 heavy (non-hydrogen) atoms. The molecule has 1 aliphatic rings. The highest BCUT2D eigenvalue weighted by Crippen LogP contribution is 2.26. The van der Waals surface area contributed by atoms with Gasteiger partial charge in [0.1, 0.15) is 0 Å². The van der Waals surface area contributed by atoms with Crippen molar-refractivity contribution in [1.82, 2.24) is 13.9 Å². The minimum Gasteiger partial charge on any atom is -0.301 e. The number of rotatable bonds is 7. The molecule has 0 spiro atoms. The van der Waals surface area contributed by atoms with Gasteiger partial charge in [0.05, 0.1) is 0 Å². The highest BCUT2D eigenvalue weighted by Gasteiger charge is 2.28. The van der Waals surface area contributed by atoms with E-state index in [4.69, 9.17) is 11.6 Å². The number of benzene rings is 1. The van der Waals surface area contributed by atoms with Crippen LogP contribution in [0.3, 0.4) is 0 Å². The number of halogens is 1. The zero-order chi connectivity index (χ0) is 17.7. The third-order valence-corrected chi connectivity index (χ3v) is 6.75. The molecule has 1 atom stereocenters. The lowest BCUT2D eigenvalue weighted by atomic mass is 9.96. The van der Waals surface area contributed by atoms with Crippen LogP contribution in [0.15, 0.2) is 24.3 Å². The lowest BCUT2D eigenvalue weighted by molar-refractivity contribution is 0.274. The Balaban J connectivity index is 2.06. The van der Waals surface area contributed by atoms with Crippen LogP contribution < -0.4 is 4.72 Å². The molecule has 0 aliphatic heterocycles. The molecule has 1 N–H and O–H groups in total. The van der Waals surface area contributed by atoms with Crippen LogP contribution in [0, 0.1) is 0 Å². The van der Waals surface area contributed by atoms with Gasteiger partial charge in [-0.3, -0.25) is 0 Å². The molecule has 5 nitrogen and oxygen atoms in total. The summed E-state index contributed by atoms with van der Waals surface area (Å²) in [5, 5.41) is 0.649. The normalized spacial score (nSPS) is 18.2. The van der Waals surface area contributed by atoms with Gasteiger partial charge < -0.3 is 4.90 Å². The van der Waals surface area contributed by atoms with E-state index in [1.165, 1.54) is 10.7 Å². The Kier molecular flexibility index (Phi) is 7.07. The Labute approximate surface area is 151 Å². The molecule has 0 aromatic heterocycles. The van der Waals surface area contributed by atoms with E-state index in [-0.39, 0.29) is 18.6 Å². The maximum Gasteiger partial charge on any atom is 0.279 e. The lowest BCUT2D eigenvalue weighted by Crippen LogP contribution is -2.46. The topological polar surface area (TPSA) is 52.7 Å². The van der Waals surface area contributed by atoms with Crippen LogP contribution in [-0.4, -0.2) is 51.4 Å². The van der Waals surface area contributed by atoms with Crippen molar-refractivity contribution in [3.63, 3.8) is 0 Å². The number of likely N-dealkylation sites (N-methyl/N-ethyl adjacent to an activating group) is 1. The van der Waals surface area contributed by atoms with Crippen molar-refractivity contribution in [3.05, 3.63) is 34.9 Å². The van der Waals surface area contributed by atoms with E-state index in [1.54, 1.807) is 7.05 Å². The average molecular weight is 374 g/mol. The number of nitrogens with one attached hydrogen (secondary N) is 1. The Morgan fingerprint density at radius 2 is 1.79 bits per heavy atom. The van der Waals surface area contributed by atoms with Crippen molar-refractivity contribution < 1.29 is 8.42 Å². The maximum absolute atomic E-state index is 12.6. The molecule has 0 amide bonds. The van der Waals surface area contributed by atoms with E-state index in [1.807, 2.05) is 43.3 Å². The molecule has 1 aromatic carbocycles. The SMILES string of the molecule is CN(C)C(CNS(=O)(=O)N(C)C1CCCCC1)c1ccccc1Cl. The van der Waals surface area contributed by atoms with E-state index in [0.29, 0.717) is 5.02 Å². The standard InChI is InChI=1S/C17H28ClN3O2S/c1-20(2)17(15-11-7-8-12-16(15)18)13-19-24(22,23)21(3)14-9-5-4-6-10-14/h7-8,11-12,14,17,19H,4-6,9-10,13H2,1-3H3. The van der Waals surface area contributed by atoms with Crippen molar-refractivity contribution in [2.75, 3.05) is 27.7 Å². The Hall–Kier alpha value is -0.660. The largest absolute Gasteiger partial charge is 0.301 e. The fourth-order valence-electron chi connectivity index (χ4n) is 3.24. The van der Waals surface area contributed by atoms with Crippen molar-refractivity contribution in [1.29, 1.82) is 0 Å². The van der Waals surface area contributed by atoms with Gasteiger partial charge in [-0.05, 0) is 38.6 Å². The van der Waals surface area contributed by atoms with Gasteiger partial charge in [-0.25, -0.2) is 4.72 Å². The van der Waals surface area contributed by atoms with Crippen LogP contribution in [-0.2, 0) is 10.2 Å². The quantitative estimate of drug-likeness (QED) is 0.799. The molecule has 0 bridgehead atoms. The molecule has 0 radical (unpaired) electrons. The minimum atomic E-state index is -3.50. The first-order chi connectivity index (χ1) is 11.3. The van der Waals surface area contributed by atoms with Gasteiger partial charge in [-0.1, -0.05) is 49.1 Å². The summed E-state index contributed by atoms with van der Waals surface area (Å²) < 4.78 is 29.5. The molecule has 1 fully saturated rings. The first-order valence-electron chi connectivity index (χ1n) is 8.46. The minimum absolute atomic E-state index is 0.106. The van der Waals surface area contributed by atoms with Crippen LogP contribution in [0.2, 0.25) is 5.02 Å². The van der Waals surface area contributed by atoms with Crippen LogP contribution in [0.4, 0.5) is 0 Å². The molecule has 1 saturated carbocycles. The number of nitrogens with zero attached hydrogens (tertiary/aromatic N) is 2. The van der Waals surface area contributed by atoms with Crippen LogP contribution in [0.25, 0.3) is 0 Å². The smallest absolute Gasteiger partial charge is 0.279 e. The molecule has 0 saturated heterocycles. The fraction of sp³-hybridized carbons (Fsp3) is 0.647. The van der Waals surface area contributed by atoms with Gasteiger partial charge >= 0.3 is 0 Å². The van der Waals surface area contributed by atoms with Gasteiger partial charge in [0.2, 0.25) is 0 Å². The Bertz CT molecular complexity index is 630. The van der Waals surface area contributed by atoms with Crippen LogP contribution in [0.5, 0.6) is 0 Å². The van der Waals surface area contributed by atoms with Gasteiger partial charge in [0, 0.05) is 30.7 Å². The second-order valence-corrected chi connectivity index (χ2v) is 8.88. The molecule has 2 rings (SSSR count). The van der Waals surface area contributed by atoms with Crippen molar-refractivity contribution in [3.8, 4) is 0 Å². The zero-order valence-corrected chi connectivity index (χ0v) is 16.3. The van der Waals surface area contributed by atoms with Gasteiger partial charge in [-0.15, -0.1) is 0 Å². The fourth-order valence-corrected chi connectivity index (χ4v) is 4.68. The average Bonchev–Trinajstić information content (AvgIpc) is 2.56. The van der Waals surface area contributed by atoms with Crippen molar-refractivity contribution >= 4 is 21.8 Å². The Morgan fingerprint density at radius 1 is 1.17 bits per heavy atom. The predicted octanol–water partition coefficient (Wildman–Crippen LogP) is 3.04. The third kappa shape index (κ3) is 4.92. The van der Waals surface area contributed by atoms with Crippen molar-refractivity contribution in [2.24, 2.45) is 0 Å². The monoisotopic (exact) mass is 373 g/mol. The molecule has 1 aromatic rings. The summed E-state index contributed by atoms with van der Waals surface area (Å²) in [7, 11) is 2.03. The first kappa shape index (κ1) is 19.7. The van der Waals surface area contributed by atoms with Gasteiger partial charge in [0.15, 0.2) is 0 Å². The van der Waals surface area contributed by atoms with Gasteiger partial charge in [0.25, 0.3) is 10.2 Å². The van der Waals surface area contributed by atoms with Gasteiger partial charge in [-0.2, -0.15) is 12.7 Å². The van der Waals surface area contributed by atoms with E-state index in [0.717, 1.165) is 31.2 Å². The second-order valence-electron chi connectivity index (χ2n) is 6.66. The molecular formula is C17H28ClN3O2S. The summed E-state index contributed by atoms with van der Waals surface area (Å²) in [4.78, 5) is 1.98. The highest BCUT2D eigenvalue weighted by atomic mass is 35.5. The first-order valence-corrected chi connectivity index (χ1v) is 10.3. The predicted molar refractivity (Wildman–Crippen MR) is 99.4 cm³/mol.